The quantitative estimate of drug-likeness (QED) is 0.647. The molecular weight excluding hydrogens is 286 g/mol. The molecule has 2 rings (SSSR count). The summed E-state index contributed by atoms with van der Waals surface area (Å²) < 4.78 is 31.5. The van der Waals surface area contributed by atoms with Crippen LogP contribution in [0, 0.1) is 10.1 Å². The molecule has 0 aromatic heterocycles. The standard InChI is InChI=1S/C11H15N3O5S/c1-12-10-3-2-9(14(15)16)8-11(10)20(17,18)13-4-6-19-7-5-13/h2-3,8,12H,4-7H2,1H3. The predicted molar refractivity (Wildman–Crippen MR) is 72.2 cm³/mol. The maximum atomic E-state index is 12.5. The molecule has 1 aliphatic heterocycles. The summed E-state index contributed by atoms with van der Waals surface area (Å²) >= 11 is 0. The van der Waals surface area contributed by atoms with Crippen molar-refractivity contribution in [2.75, 3.05) is 38.7 Å². The van der Waals surface area contributed by atoms with E-state index in [9.17, 15) is 18.5 Å². The monoisotopic (exact) mass is 301 g/mol. The Labute approximate surface area is 116 Å². The molecule has 20 heavy (non-hydrogen) atoms. The summed E-state index contributed by atoms with van der Waals surface area (Å²) in [4.78, 5) is 10.1. The molecule has 1 aromatic carbocycles. The van der Waals surface area contributed by atoms with Crippen LogP contribution in [0.15, 0.2) is 23.1 Å². The number of morpholine rings is 1. The smallest absolute Gasteiger partial charge is 0.270 e. The molecule has 0 unspecified atom stereocenters. The van der Waals surface area contributed by atoms with Gasteiger partial charge in [-0.2, -0.15) is 4.31 Å². The molecule has 1 fully saturated rings. The van der Waals surface area contributed by atoms with Crippen LogP contribution in [-0.2, 0) is 14.8 Å². The van der Waals surface area contributed by atoms with Crippen LogP contribution < -0.4 is 5.32 Å². The minimum absolute atomic E-state index is 0.0869. The Balaban J connectivity index is 2.48. The number of nitro benzene ring substituents is 1. The summed E-state index contributed by atoms with van der Waals surface area (Å²) in [7, 11) is -2.21. The first kappa shape index (κ1) is 14.7. The van der Waals surface area contributed by atoms with Crippen molar-refractivity contribution >= 4 is 21.4 Å². The minimum atomic E-state index is -3.77. The second-order valence-electron chi connectivity index (χ2n) is 4.20. The van der Waals surface area contributed by atoms with E-state index in [1.165, 1.54) is 16.4 Å². The second kappa shape index (κ2) is 5.73. The van der Waals surface area contributed by atoms with E-state index < -0.39 is 14.9 Å². The SMILES string of the molecule is CNc1ccc([N+](=O)[O-])cc1S(=O)(=O)N1CCOCC1. The van der Waals surface area contributed by atoms with Gasteiger partial charge in [-0.05, 0) is 6.07 Å². The molecule has 1 heterocycles. The van der Waals surface area contributed by atoms with Crippen molar-refractivity contribution in [1.29, 1.82) is 0 Å². The Hall–Kier alpha value is -1.71. The Kier molecular flexibility index (Phi) is 4.21. The fraction of sp³-hybridized carbons (Fsp3) is 0.455. The van der Waals surface area contributed by atoms with Gasteiger partial charge in [0.2, 0.25) is 10.0 Å². The number of benzene rings is 1. The molecule has 110 valence electrons. The van der Waals surface area contributed by atoms with Crippen molar-refractivity contribution in [1.82, 2.24) is 4.31 Å². The number of rotatable bonds is 4. The number of nitrogens with one attached hydrogen (secondary N) is 1. The maximum Gasteiger partial charge on any atom is 0.270 e. The van der Waals surface area contributed by atoms with E-state index in [1.807, 2.05) is 0 Å². The first-order valence-corrected chi connectivity index (χ1v) is 7.45. The van der Waals surface area contributed by atoms with Crippen molar-refractivity contribution in [3.8, 4) is 0 Å². The van der Waals surface area contributed by atoms with Crippen LogP contribution in [0.5, 0.6) is 0 Å². The summed E-state index contributed by atoms with van der Waals surface area (Å²) in [5.41, 5.74) is 0.0814. The van der Waals surface area contributed by atoms with Gasteiger partial charge < -0.3 is 10.1 Å². The van der Waals surface area contributed by atoms with Gasteiger partial charge in [0.1, 0.15) is 4.90 Å². The largest absolute Gasteiger partial charge is 0.387 e. The molecule has 1 saturated heterocycles. The van der Waals surface area contributed by atoms with Crippen LogP contribution in [0.4, 0.5) is 11.4 Å². The van der Waals surface area contributed by atoms with Crippen molar-refractivity contribution in [2.24, 2.45) is 0 Å². The first-order chi connectivity index (χ1) is 9.46. The minimum Gasteiger partial charge on any atom is -0.387 e. The number of hydrogen-bond donors (Lipinski definition) is 1. The van der Waals surface area contributed by atoms with Gasteiger partial charge in [-0.1, -0.05) is 0 Å². The highest BCUT2D eigenvalue weighted by Gasteiger charge is 2.30. The number of nitro groups is 1. The first-order valence-electron chi connectivity index (χ1n) is 6.01. The van der Waals surface area contributed by atoms with Gasteiger partial charge in [-0.15, -0.1) is 0 Å². The zero-order valence-corrected chi connectivity index (χ0v) is 11.7. The second-order valence-corrected chi connectivity index (χ2v) is 6.11. The third kappa shape index (κ3) is 2.74. The van der Waals surface area contributed by atoms with Gasteiger partial charge in [-0.3, -0.25) is 10.1 Å². The van der Waals surface area contributed by atoms with Crippen LogP contribution in [-0.4, -0.2) is 51.0 Å². The van der Waals surface area contributed by atoms with Crippen molar-refractivity contribution in [2.45, 2.75) is 4.90 Å². The molecule has 0 bridgehead atoms. The normalized spacial score (nSPS) is 16.9. The van der Waals surface area contributed by atoms with E-state index in [2.05, 4.69) is 5.32 Å². The molecule has 0 atom stereocenters. The van der Waals surface area contributed by atoms with Crippen molar-refractivity contribution < 1.29 is 18.1 Å². The summed E-state index contributed by atoms with van der Waals surface area (Å²) in [6.45, 7) is 1.13. The molecule has 9 heteroatoms. The van der Waals surface area contributed by atoms with E-state index in [4.69, 9.17) is 4.74 Å². The third-order valence-corrected chi connectivity index (χ3v) is 4.97. The molecular formula is C11H15N3O5S. The molecule has 1 aromatic rings. The lowest BCUT2D eigenvalue weighted by Crippen LogP contribution is -2.40. The summed E-state index contributed by atoms with van der Waals surface area (Å²) in [5, 5.41) is 13.6. The lowest BCUT2D eigenvalue weighted by Gasteiger charge is -2.26. The number of anilines is 1. The number of nitrogens with zero attached hydrogens (tertiary/aromatic N) is 2. The number of non-ortho nitro benzene ring substituents is 1. The van der Waals surface area contributed by atoms with Crippen LogP contribution in [0.25, 0.3) is 0 Å². The van der Waals surface area contributed by atoms with Crippen molar-refractivity contribution in [3.05, 3.63) is 28.3 Å². The highest BCUT2D eigenvalue weighted by molar-refractivity contribution is 7.89. The number of ether oxygens (including phenoxy) is 1. The summed E-state index contributed by atoms with van der Waals surface area (Å²) in [5.74, 6) is 0. The van der Waals surface area contributed by atoms with Crippen LogP contribution in [0.3, 0.4) is 0 Å². The molecule has 0 saturated carbocycles. The molecule has 8 nitrogen and oxygen atoms in total. The topological polar surface area (TPSA) is 102 Å². The highest BCUT2D eigenvalue weighted by Crippen LogP contribution is 2.29. The summed E-state index contributed by atoms with van der Waals surface area (Å²) in [6, 6.07) is 3.74. The Morgan fingerprint density at radius 1 is 1.35 bits per heavy atom. The van der Waals surface area contributed by atoms with E-state index in [0.717, 1.165) is 6.07 Å². The van der Waals surface area contributed by atoms with E-state index in [-0.39, 0.29) is 23.7 Å². The van der Waals surface area contributed by atoms with Gasteiger partial charge >= 0.3 is 0 Å². The zero-order valence-electron chi connectivity index (χ0n) is 10.9. The third-order valence-electron chi connectivity index (χ3n) is 3.03. The van der Waals surface area contributed by atoms with Gasteiger partial charge in [0.15, 0.2) is 0 Å². The predicted octanol–water partition coefficient (Wildman–Crippen LogP) is 0.657. The molecule has 0 amide bonds. The molecule has 1 aliphatic rings. The lowest BCUT2D eigenvalue weighted by atomic mass is 10.3. The van der Waals surface area contributed by atoms with E-state index in [0.29, 0.717) is 18.9 Å². The number of sulfonamides is 1. The molecule has 1 N–H and O–H groups in total. The molecule has 0 aliphatic carbocycles. The molecule has 0 radical (unpaired) electrons. The summed E-state index contributed by atoms with van der Waals surface area (Å²) in [6.07, 6.45) is 0. The van der Waals surface area contributed by atoms with Gasteiger partial charge in [0.25, 0.3) is 5.69 Å². The molecule has 0 spiro atoms. The average Bonchev–Trinajstić information content (AvgIpc) is 2.47. The maximum absolute atomic E-state index is 12.5. The van der Waals surface area contributed by atoms with Crippen LogP contribution in [0.1, 0.15) is 0 Å². The lowest BCUT2D eigenvalue weighted by molar-refractivity contribution is -0.385. The number of hydrogen-bond acceptors (Lipinski definition) is 6. The van der Waals surface area contributed by atoms with Gasteiger partial charge in [0, 0.05) is 32.3 Å². The van der Waals surface area contributed by atoms with Gasteiger partial charge in [-0.25, -0.2) is 8.42 Å². The van der Waals surface area contributed by atoms with E-state index >= 15 is 0 Å². The van der Waals surface area contributed by atoms with Crippen LogP contribution >= 0.6 is 0 Å². The van der Waals surface area contributed by atoms with Crippen LogP contribution in [0.2, 0.25) is 0 Å². The highest BCUT2D eigenvalue weighted by atomic mass is 32.2. The fourth-order valence-electron chi connectivity index (χ4n) is 1.97. The van der Waals surface area contributed by atoms with E-state index in [1.54, 1.807) is 7.05 Å². The Morgan fingerprint density at radius 2 is 2.00 bits per heavy atom. The Bertz CT molecular complexity index is 610. The Morgan fingerprint density at radius 3 is 2.55 bits per heavy atom. The average molecular weight is 301 g/mol. The fourth-order valence-corrected chi connectivity index (χ4v) is 3.60. The van der Waals surface area contributed by atoms with Crippen molar-refractivity contribution in [3.63, 3.8) is 0 Å². The van der Waals surface area contributed by atoms with Gasteiger partial charge in [0.05, 0.1) is 23.8 Å². The zero-order chi connectivity index (χ0) is 14.8.